The van der Waals surface area contributed by atoms with Gasteiger partial charge in [-0.1, -0.05) is 32.9 Å². The van der Waals surface area contributed by atoms with Gasteiger partial charge < -0.3 is 5.11 Å². The van der Waals surface area contributed by atoms with Gasteiger partial charge >= 0.3 is 0 Å². The lowest BCUT2D eigenvalue weighted by molar-refractivity contribution is 0.0463. The topological polar surface area (TPSA) is 20.2 Å². The van der Waals surface area contributed by atoms with E-state index < -0.39 is 0 Å². The summed E-state index contributed by atoms with van der Waals surface area (Å²) in [6, 6.07) is 0. The molecule has 2 aliphatic carbocycles. The van der Waals surface area contributed by atoms with Crippen molar-refractivity contribution in [1.82, 2.24) is 0 Å². The third kappa shape index (κ3) is 0.871. The average Bonchev–Trinajstić information content (AvgIpc) is 2.57. The highest BCUT2D eigenvalue weighted by Gasteiger charge is 2.57. The number of hydrogen-bond donors (Lipinski definition) is 1. The molecule has 1 saturated carbocycles. The van der Waals surface area contributed by atoms with Crippen LogP contribution in [0.4, 0.5) is 0 Å². The highest BCUT2D eigenvalue weighted by molar-refractivity contribution is 5.24. The van der Waals surface area contributed by atoms with Gasteiger partial charge in [0.2, 0.25) is 0 Å². The monoisotopic (exact) mass is 152 g/mol. The fraction of sp³-hybridized carbons (Fsp3) is 0.800. The van der Waals surface area contributed by atoms with Crippen LogP contribution < -0.4 is 0 Å². The smallest absolute Gasteiger partial charge is 0.0662 e. The lowest BCUT2D eigenvalue weighted by Crippen LogP contribution is -2.33. The molecule has 1 fully saturated rings. The summed E-state index contributed by atoms with van der Waals surface area (Å²) in [5.41, 5.74) is 0.343. The van der Waals surface area contributed by atoms with Crippen molar-refractivity contribution < 1.29 is 5.11 Å². The third-order valence-corrected chi connectivity index (χ3v) is 3.38. The van der Waals surface area contributed by atoms with E-state index in [-0.39, 0.29) is 11.5 Å². The first-order valence-corrected chi connectivity index (χ1v) is 4.34. The predicted molar refractivity (Wildman–Crippen MR) is 45.1 cm³/mol. The maximum atomic E-state index is 9.86. The predicted octanol–water partition coefficient (Wildman–Crippen LogP) is 1.97. The molecule has 1 N–H and O–H groups in total. The van der Waals surface area contributed by atoms with Gasteiger partial charge in [-0.25, -0.2) is 0 Å². The Morgan fingerprint density at radius 1 is 1.27 bits per heavy atom. The minimum Gasteiger partial charge on any atom is -0.392 e. The maximum Gasteiger partial charge on any atom is 0.0662 e. The van der Waals surface area contributed by atoms with E-state index in [1.54, 1.807) is 0 Å². The van der Waals surface area contributed by atoms with Crippen molar-refractivity contribution in [3.8, 4) is 0 Å². The molecule has 0 unspecified atom stereocenters. The van der Waals surface area contributed by atoms with Crippen molar-refractivity contribution in [3.05, 3.63) is 12.2 Å². The lowest BCUT2D eigenvalue weighted by atomic mass is 9.77. The van der Waals surface area contributed by atoms with E-state index in [0.717, 1.165) is 0 Å². The Bertz CT molecular complexity index is 217. The first-order valence-electron chi connectivity index (χ1n) is 4.34. The Morgan fingerprint density at radius 3 is 2.45 bits per heavy atom. The largest absolute Gasteiger partial charge is 0.392 e. The van der Waals surface area contributed by atoms with Crippen molar-refractivity contribution in [1.29, 1.82) is 0 Å². The fourth-order valence-corrected chi connectivity index (χ4v) is 2.10. The number of rotatable bonds is 0. The molecule has 11 heavy (non-hydrogen) atoms. The molecule has 0 aliphatic heterocycles. The zero-order valence-electron chi connectivity index (χ0n) is 7.46. The highest BCUT2D eigenvalue weighted by atomic mass is 16.3. The molecule has 1 nitrogen and oxygen atoms in total. The van der Waals surface area contributed by atoms with Crippen LogP contribution in [0.3, 0.4) is 0 Å². The minimum atomic E-state index is -0.127. The Kier molecular flexibility index (Phi) is 1.15. The summed E-state index contributed by atoms with van der Waals surface area (Å²) in [5, 5.41) is 9.86. The summed E-state index contributed by atoms with van der Waals surface area (Å²) in [6.45, 7) is 6.44. The van der Waals surface area contributed by atoms with E-state index in [4.69, 9.17) is 0 Å². The van der Waals surface area contributed by atoms with E-state index in [0.29, 0.717) is 11.3 Å². The number of fused-ring (bicyclic) bond motifs is 1. The zero-order valence-corrected chi connectivity index (χ0v) is 7.46. The van der Waals surface area contributed by atoms with Crippen molar-refractivity contribution in [2.24, 2.45) is 16.7 Å². The number of aliphatic hydroxyl groups is 1. The highest BCUT2D eigenvalue weighted by Crippen LogP contribution is 2.61. The average molecular weight is 152 g/mol. The first kappa shape index (κ1) is 7.35. The molecular weight excluding hydrogens is 136 g/mol. The maximum absolute atomic E-state index is 9.86. The van der Waals surface area contributed by atoms with E-state index in [9.17, 15) is 5.11 Å². The molecule has 0 amide bonds. The SMILES string of the molecule is CC1(C)C=C[C@]2(C)C[C@@H]2[C@H]1O. The van der Waals surface area contributed by atoms with Crippen LogP contribution in [0.1, 0.15) is 27.2 Å². The van der Waals surface area contributed by atoms with Crippen molar-refractivity contribution in [2.75, 3.05) is 0 Å². The van der Waals surface area contributed by atoms with Crippen LogP contribution in [0.5, 0.6) is 0 Å². The number of aliphatic hydroxyl groups excluding tert-OH is 1. The summed E-state index contributed by atoms with van der Waals surface area (Å²) in [6.07, 6.45) is 5.50. The summed E-state index contributed by atoms with van der Waals surface area (Å²) in [5.74, 6) is 0.530. The van der Waals surface area contributed by atoms with Gasteiger partial charge in [0.15, 0.2) is 0 Å². The second-order valence-electron chi connectivity index (χ2n) is 4.92. The van der Waals surface area contributed by atoms with E-state index in [1.165, 1.54) is 6.42 Å². The molecule has 0 aromatic heterocycles. The van der Waals surface area contributed by atoms with E-state index >= 15 is 0 Å². The van der Waals surface area contributed by atoms with Crippen LogP contribution in [0.2, 0.25) is 0 Å². The van der Waals surface area contributed by atoms with Crippen LogP contribution in [0, 0.1) is 16.7 Å². The van der Waals surface area contributed by atoms with Gasteiger partial charge in [0, 0.05) is 5.41 Å². The molecule has 0 saturated heterocycles. The quantitative estimate of drug-likeness (QED) is 0.526. The molecule has 0 aromatic rings. The summed E-state index contributed by atoms with van der Waals surface area (Å²) in [7, 11) is 0. The van der Waals surface area contributed by atoms with Crippen LogP contribution in [-0.2, 0) is 0 Å². The molecule has 1 heteroatoms. The van der Waals surface area contributed by atoms with Gasteiger partial charge in [-0.05, 0) is 17.8 Å². The van der Waals surface area contributed by atoms with Crippen molar-refractivity contribution in [3.63, 3.8) is 0 Å². The van der Waals surface area contributed by atoms with Gasteiger partial charge in [0.25, 0.3) is 0 Å². The van der Waals surface area contributed by atoms with Crippen LogP contribution >= 0.6 is 0 Å². The second-order valence-corrected chi connectivity index (χ2v) is 4.92. The van der Waals surface area contributed by atoms with Gasteiger partial charge in [0.05, 0.1) is 6.10 Å². The van der Waals surface area contributed by atoms with Crippen molar-refractivity contribution in [2.45, 2.75) is 33.3 Å². The molecule has 2 rings (SSSR count). The Hall–Kier alpha value is -0.300. The molecule has 0 radical (unpaired) electrons. The van der Waals surface area contributed by atoms with Crippen molar-refractivity contribution >= 4 is 0 Å². The second kappa shape index (κ2) is 1.71. The molecule has 0 aromatic carbocycles. The molecule has 62 valence electrons. The van der Waals surface area contributed by atoms with Gasteiger partial charge in [-0.15, -0.1) is 0 Å². The minimum absolute atomic E-state index is 0.000671. The zero-order chi connectivity index (χ0) is 8.28. The number of allylic oxidation sites excluding steroid dienone is 1. The van der Waals surface area contributed by atoms with Crippen LogP contribution in [0.25, 0.3) is 0 Å². The molecule has 0 bridgehead atoms. The van der Waals surface area contributed by atoms with E-state index in [1.807, 2.05) is 0 Å². The van der Waals surface area contributed by atoms with Gasteiger partial charge in [0.1, 0.15) is 0 Å². The molecule has 2 aliphatic rings. The Balaban J connectivity index is 2.30. The molecular formula is C10H16O. The first-order chi connectivity index (χ1) is 4.96. The summed E-state index contributed by atoms with van der Waals surface area (Å²) < 4.78 is 0. The van der Waals surface area contributed by atoms with Gasteiger partial charge in [-0.2, -0.15) is 0 Å². The Morgan fingerprint density at radius 2 is 1.91 bits per heavy atom. The van der Waals surface area contributed by atoms with E-state index in [2.05, 4.69) is 32.9 Å². The normalized spacial score (nSPS) is 52.0. The van der Waals surface area contributed by atoms with Crippen LogP contribution in [-0.4, -0.2) is 11.2 Å². The number of hydrogen-bond acceptors (Lipinski definition) is 1. The van der Waals surface area contributed by atoms with Crippen LogP contribution in [0.15, 0.2) is 12.2 Å². The molecule has 0 heterocycles. The Labute approximate surface area is 68.1 Å². The summed E-state index contributed by atoms with van der Waals surface area (Å²) in [4.78, 5) is 0. The molecule has 0 spiro atoms. The molecule has 3 atom stereocenters. The third-order valence-electron chi connectivity index (χ3n) is 3.38. The fourth-order valence-electron chi connectivity index (χ4n) is 2.10. The summed E-state index contributed by atoms with van der Waals surface area (Å²) >= 11 is 0. The lowest BCUT2D eigenvalue weighted by Gasteiger charge is -2.32. The standard InChI is InChI=1S/C10H16O/c1-9(2)4-5-10(3)6-7(10)8(9)11/h4-5,7-8,11H,6H2,1-3H3/t7-,8-,10-/m1/s1. The van der Waals surface area contributed by atoms with Gasteiger partial charge in [-0.3, -0.25) is 0 Å².